The molecule has 0 spiro atoms. The van der Waals surface area contributed by atoms with Crippen LogP contribution >= 0.6 is 0 Å². The van der Waals surface area contributed by atoms with Crippen LogP contribution in [0.1, 0.15) is 26.3 Å². The van der Waals surface area contributed by atoms with Gasteiger partial charge in [-0.1, -0.05) is 30.3 Å². The molecule has 0 bridgehead atoms. The Morgan fingerprint density at radius 1 is 1.48 bits per heavy atom. The molecular weight excluding hydrogens is 270 g/mol. The quantitative estimate of drug-likeness (QED) is 0.837. The maximum absolute atomic E-state index is 12.4. The maximum atomic E-state index is 12.4. The molecule has 0 aromatic heterocycles. The molecule has 1 aliphatic heterocycles. The second-order valence-corrected chi connectivity index (χ2v) is 5.62. The van der Waals surface area contributed by atoms with Crippen molar-refractivity contribution in [3.05, 3.63) is 35.9 Å². The van der Waals surface area contributed by atoms with Crippen molar-refractivity contribution in [2.45, 2.75) is 45.2 Å². The van der Waals surface area contributed by atoms with Crippen molar-refractivity contribution in [1.29, 1.82) is 0 Å². The van der Waals surface area contributed by atoms with Gasteiger partial charge in [0.05, 0.1) is 12.6 Å². The average Bonchev–Trinajstić information content (AvgIpc) is 2.74. The zero-order valence-corrected chi connectivity index (χ0v) is 12.8. The number of carbonyl (C=O) groups is 1. The van der Waals surface area contributed by atoms with E-state index in [1.54, 1.807) is 11.8 Å². The third kappa shape index (κ3) is 3.61. The molecule has 21 heavy (non-hydrogen) atoms. The molecule has 1 heterocycles. The topological polar surface area (TPSA) is 59.0 Å². The van der Waals surface area contributed by atoms with Gasteiger partial charge in [0, 0.05) is 6.61 Å². The molecule has 1 amide bonds. The average molecular weight is 293 g/mol. The van der Waals surface area contributed by atoms with Gasteiger partial charge >= 0.3 is 0 Å². The fourth-order valence-corrected chi connectivity index (χ4v) is 2.71. The molecule has 0 saturated carbocycles. The Balaban J connectivity index is 2.15. The van der Waals surface area contributed by atoms with E-state index in [0.29, 0.717) is 13.0 Å². The van der Waals surface area contributed by atoms with Crippen molar-refractivity contribution < 1.29 is 19.4 Å². The first kappa shape index (κ1) is 15.9. The third-order valence-corrected chi connectivity index (χ3v) is 3.66. The van der Waals surface area contributed by atoms with Crippen LogP contribution < -0.4 is 0 Å². The molecule has 2 rings (SSSR count). The summed E-state index contributed by atoms with van der Waals surface area (Å²) < 4.78 is 10.7. The van der Waals surface area contributed by atoms with Crippen LogP contribution in [0.15, 0.2) is 30.3 Å². The zero-order valence-electron chi connectivity index (χ0n) is 12.8. The Bertz CT molecular complexity index is 474. The molecule has 116 valence electrons. The van der Waals surface area contributed by atoms with Gasteiger partial charge < -0.3 is 19.5 Å². The SMILES string of the molecule is CCOC(O)C(=O)N1[C@@H](Cc2ccccc2)COC1(C)C. The summed E-state index contributed by atoms with van der Waals surface area (Å²) in [6.45, 7) is 6.13. The molecule has 0 radical (unpaired) electrons. The lowest BCUT2D eigenvalue weighted by atomic mass is 10.0. The molecular formula is C16H23NO4. The Morgan fingerprint density at radius 2 is 2.14 bits per heavy atom. The highest BCUT2D eigenvalue weighted by Crippen LogP contribution is 2.30. The first-order valence-corrected chi connectivity index (χ1v) is 7.26. The van der Waals surface area contributed by atoms with E-state index in [9.17, 15) is 9.90 Å². The third-order valence-electron chi connectivity index (χ3n) is 3.66. The van der Waals surface area contributed by atoms with Gasteiger partial charge in [0.2, 0.25) is 6.29 Å². The van der Waals surface area contributed by atoms with Gasteiger partial charge in [-0.2, -0.15) is 0 Å². The van der Waals surface area contributed by atoms with Crippen LogP contribution in [0.5, 0.6) is 0 Å². The first-order chi connectivity index (χ1) is 9.95. The van der Waals surface area contributed by atoms with E-state index in [2.05, 4.69) is 0 Å². The predicted octanol–water partition coefficient (Wildman–Crippen LogP) is 1.55. The molecule has 2 atom stereocenters. The van der Waals surface area contributed by atoms with Crippen molar-refractivity contribution in [1.82, 2.24) is 4.90 Å². The molecule has 1 aliphatic rings. The van der Waals surface area contributed by atoms with Crippen LogP contribution in [0, 0.1) is 0 Å². The lowest BCUT2D eigenvalue weighted by Gasteiger charge is -2.35. The lowest BCUT2D eigenvalue weighted by Crippen LogP contribution is -2.53. The number of aliphatic hydroxyl groups is 1. The van der Waals surface area contributed by atoms with E-state index in [1.807, 2.05) is 44.2 Å². The summed E-state index contributed by atoms with van der Waals surface area (Å²) in [7, 11) is 0. The highest BCUT2D eigenvalue weighted by Gasteiger charge is 2.45. The smallest absolute Gasteiger partial charge is 0.281 e. The number of hydrogen-bond acceptors (Lipinski definition) is 4. The Hall–Kier alpha value is -1.43. The van der Waals surface area contributed by atoms with Crippen molar-refractivity contribution in [2.75, 3.05) is 13.2 Å². The summed E-state index contributed by atoms with van der Waals surface area (Å²) in [6, 6.07) is 9.83. The van der Waals surface area contributed by atoms with E-state index in [4.69, 9.17) is 9.47 Å². The van der Waals surface area contributed by atoms with E-state index in [0.717, 1.165) is 5.56 Å². The lowest BCUT2D eigenvalue weighted by molar-refractivity contribution is -0.181. The Morgan fingerprint density at radius 3 is 2.76 bits per heavy atom. The number of ether oxygens (including phenoxy) is 2. The Labute approximate surface area is 125 Å². The standard InChI is InChI=1S/C16H23NO4/c1-4-20-15(19)14(18)17-13(11-21-16(17,2)3)10-12-8-6-5-7-9-12/h5-9,13,15,19H,4,10-11H2,1-3H3/t13-,15?/m0/s1. The van der Waals surface area contributed by atoms with Gasteiger partial charge in [0.15, 0.2) is 0 Å². The normalized spacial score (nSPS) is 22.3. The minimum absolute atomic E-state index is 0.106. The number of carbonyl (C=O) groups excluding carboxylic acids is 1. The Kier molecular flexibility index (Phi) is 4.98. The molecule has 1 unspecified atom stereocenters. The number of amides is 1. The van der Waals surface area contributed by atoms with Crippen molar-refractivity contribution in [3.8, 4) is 0 Å². The van der Waals surface area contributed by atoms with Gasteiger partial charge in [-0.05, 0) is 32.8 Å². The van der Waals surface area contributed by atoms with E-state index < -0.39 is 17.9 Å². The van der Waals surface area contributed by atoms with Gasteiger partial charge in [0.1, 0.15) is 5.72 Å². The van der Waals surface area contributed by atoms with Gasteiger partial charge in [0.25, 0.3) is 5.91 Å². The summed E-state index contributed by atoms with van der Waals surface area (Å²) >= 11 is 0. The summed E-state index contributed by atoms with van der Waals surface area (Å²) in [4.78, 5) is 14.0. The van der Waals surface area contributed by atoms with Crippen molar-refractivity contribution >= 4 is 5.91 Å². The second-order valence-electron chi connectivity index (χ2n) is 5.62. The van der Waals surface area contributed by atoms with Crippen molar-refractivity contribution in [3.63, 3.8) is 0 Å². The maximum Gasteiger partial charge on any atom is 0.281 e. The van der Waals surface area contributed by atoms with Crippen LogP contribution in [-0.4, -0.2) is 47.2 Å². The van der Waals surface area contributed by atoms with Crippen LogP contribution in [0.4, 0.5) is 0 Å². The molecule has 5 heteroatoms. The van der Waals surface area contributed by atoms with E-state index in [-0.39, 0.29) is 12.6 Å². The summed E-state index contributed by atoms with van der Waals surface area (Å²) in [5.74, 6) is -0.444. The van der Waals surface area contributed by atoms with Crippen molar-refractivity contribution in [2.24, 2.45) is 0 Å². The van der Waals surface area contributed by atoms with E-state index >= 15 is 0 Å². The summed E-state index contributed by atoms with van der Waals surface area (Å²) in [5.41, 5.74) is 0.390. The molecule has 1 aromatic carbocycles. The predicted molar refractivity (Wildman–Crippen MR) is 78.4 cm³/mol. The van der Waals surface area contributed by atoms with Crippen LogP contribution in [0.3, 0.4) is 0 Å². The molecule has 0 aliphatic carbocycles. The summed E-state index contributed by atoms with van der Waals surface area (Å²) in [6.07, 6.45) is -0.747. The fraction of sp³-hybridized carbons (Fsp3) is 0.562. The number of nitrogens with zero attached hydrogens (tertiary/aromatic N) is 1. The van der Waals surface area contributed by atoms with Crippen LogP contribution in [-0.2, 0) is 20.7 Å². The summed E-state index contributed by atoms with van der Waals surface area (Å²) in [5, 5.41) is 9.83. The number of hydrogen-bond donors (Lipinski definition) is 1. The number of benzene rings is 1. The molecule has 1 N–H and O–H groups in total. The fourth-order valence-electron chi connectivity index (χ4n) is 2.71. The highest BCUT2D eigenvalue weighted by molar-refractivity contribution is 5.80. The molecule has 1 saturated heterocycles. The minimum atomic E-state index is -1.44. The number of rotatable bonds is 5. The van der Waals surface area contributed by atoms with Crippen LogP contribution in [0.2, 0.25) is 0 Å². The second kappa shape index (κ2) is 6.56. The minimum Gasteiger partial charge on any atom is -0.361 e. The van der Waals surface area contributed by atoms with Gasteiger partial charge in [-0.3, -0.25) is 4.79 Å². The number of aliphatic hydroxyl groups excluding tert-OH is 1. The molecule has 1 fully saturated rings. The van der Waals surface area contributed by atoms with Crippen LogP contribution in [0.25, 0.3) is 0 Å². The first-order valence-electron chi connectivity index (χ1n) is 7.26. The largest absolute Gasteiger partial charge is 0.361 e. The van der Waals surface area contributed by atoms with E-state index in [1.165, 1.54) is 0 Å². The highest BCUT2D eigenvalue weighted by atomic mass is 16.6. The monoisotopic (exact) mass is 293 g/mol. The van der Waals surface area contributed by atoms with Gasteiger partial charge in [-0.25, -0.2) is 0 Å². The molecule has 1 aromatic rings. The van der Waals surface area contributed by atoms with Gasteiger partial charge in [-0.15, -0.1) is 0 Å². The zero-order chi connectivity index (χ0) is 15.5. The molecule has 5 nitrogen and oxygen atoms in total.